The van der Waals surface area contributed by atoms with Gasteiger partial charge in [-0.15, -0.1) is 0 Å². The van der Waals surface area contributed by atoms with E-state index in [1.54, 1.807) is 43.3 Å². The molecule has 2 aromatic rings. The van der Waals surface area contributed by atoms with Crippen molar-refractivity contribution < 1.29 is 23.1 Å². The van der Waals surface area contributed by atoms with Gasteiger partial charge in [0.25, 0.3) is 0 Å². The SMILES string of the molecule is CCC(=O)Cl.Cc1ccc(S(=O)(=O)N[C@@H](Cc2ccccc2)C(=O)O)cc1. The highest BCUT2D eigenvalue weighted by atomic mass is 35.5. The summed E-state index contributed by atoms with van der Waals surface area (Å²) in [5.74, 6) is -1.21. The molecule has 0 aliphatic carbocycles. The molecular weight excluding hydrogens is 390 g/mol. The first-order valence-corrected chi connectivity index (χ1v) is 10.1. The molecule has 0 amide bonds. The van der Waals surface area contributed by atoms with E-state index < -0.39 is 22.0 Å². The Morgan fingerprint density at radius 1 is 1.07 bits per heavy atom. The molecule has 2 aromatic carbocycles. The predicted molar refractivity (Wildman–Crippen MR) is 104 cm³/mol. The Balaban J connectivity index is 0.000000646. The lowest BCUT2D eigenvalue weighted by atomic mass is 10.1. The van der Waals surface area contributed by atoms with Gasteiger partial charge in [-0.3, -0.25) is 9.59 Å². The Morgan fingerprint density at radius 3 is 2.04 bits per heavy atom. The molecular formula is C19H22ClNO5S. The number of hydrogen-bond acceptors (Lipinski definition) is 4. The number of nitrogens with one attached hydrogen (secondary N) is 1. The van der Waals surface area contributed by atoms with Crippen molar-refractivity contribution in [2.24, 2.45) is 0 Å². The molecule has 0 aliphatic heterocycles. The number of halogens is 1. The van der Waals surface area contributed by atoms with E-state index in [0.717, 1.165) is 11.1 Å². The zero-order valence-corrected chi connectivity index (χ0v) is 16.6. The van der Waals surface area contributed by atoms with E-state index in [4.69, 9.17) is 11.6 Å². The second-order valence-electron chi connectivity index (χ2n) is 5.72. The van der Waals surface area contributed by atoms with Crippen LogP contribution in [0, 0.1) is 6.92 Å². The lowest BCUT2D eigenvalue weighted by Gasteiger charge is -2.15. The number of carbonyl (C=O) groups is 2. The maximum Gasteiger partial charge on any atom is 0.322 e. The van der Waals surface area contributed by atoms with Gasteiger partial charge in [-0.25, -0.2) is 8.42 Å². The quantitative estimate of drug-likeness (QED) is 0.681. The number of carboxylic acids is 1. The van der Waals surface area contributed by atoms with E-state index >= 15 is 0 Å². The van der Waals surface area contributed by atoms with Crippen LogP contribution in [-0.2, 0) is 26.0 Å². The van der Waals surface area contributed by atoms with Crippen molar-refractivity contribution in [1.29, 1.82) is 0 Å². The highest BCUT2D eigenvalue weighted by Crippen LogP contribution is 2.12. The van der Waals surface area contributed by atoms with Crippen molar-refractivity contribution in [2.75, 3.05) is 0 Å². The second-order valence-corrected chi connectivity index (χ2v) is 7.86. The van der Waals surface area contributed by atoms with Crippen molar-refractivity contribution in [2.45, 2.75) is 37.6 Å². The largest absolute Gasteiger partial charge is 0.480 e. The molecule has 0 bridgehead atoms. The van der Waals surface area contributed by atoms with Gasteiger partial charge in [0.05, 0.1) is 4.90 Å². The van der Waals surface area contributed by atoms with Crippen molar-refractivity contribution in [3.05, 3.63) is 65.7 Å². The molecule has 0 saturated heterocycles. The fraction of sp³-hybridized carbons (Fsp3) is 0.263. The van der Waals surface area contributed by atoms with Crippen molar-refractivity contribution in [1.82, 2.24) is 4.72 Å². The molecule has 0 spiro atoms. The number of carboxylic acid groups (broad SMARTS) is 1. The van der Waals surface area contributed by atoms with Gasteiger partial charge in [0.2, 0.25) is 15.3 Å². The van der Waals surface area contributed by atoms with Crippen LogP contribution in [0.1, 0.15) is 24.5 Å². The molecule has 2 rings (SSSR count). The summed E-state index contributed by atoms with van der Waals surface area (Å²) in [6.07, 6.45) is 0.517. The number of aryl methyl sites for hydroxylation is 1. The van der Waals surface area contributed by atoms with Crippen molar-refractivity contribution >= 4 is 32.8 Å². The van der Waals surface area contributed by atoms with Gasteiger partial charge < -0.3 is 5.11 Å². The van der Waals surface area contributed by atoms with Crippen LogP contribution in [0.5, 0.6) is 0 Å². The first-order chi connectivity index (χ1) is 12.7. The molecule has 6 nitrogen and oxygen atoms in total. The smallest absolute Gasteiger partial charge is 0.322 e. The van der Waals surface area contributed by atoms with Crippen LogP contribution in [0.25, 0.3) is 0 Å². The number of rotatable bonds is 7. The molecule has 0 fully saturated rings. The first-order valence-electron chi connectivity index (χ1n) is 8.19. The number of carbonyl (C=O) groups excluding carboxylic acids is 1. The summed E-state index contributed by atoms with van der Waals surface area (Å²) in [5.41, 5.74) is 1.68. The maximum atomic E-state index is 12.3. The Labute approximate surface area is 164 Å². The van der Waals surface area contributed by atoms with Crippen LogP contribution in [0.2, 0.25) is 0 Å². The molecule has 8 heteroatoms. The third-order valence-corrected chi connectivity index (χ3v) is 5.24. The van der Waals surface area contributed by atoms with Gasteiger partial charge in [-0.05, 0) is 42.6 Å². The summed E-state index contributed by atoms with van der Waals surface area (Å²) in [6, 6.07) is 13.9. The average molecular weight is 412 g/mol. The van der Waals surface area contributed by atoms with E-state index in [1.165, 1.54) is 12.1 Å². The number of aliphatic carboxylic acids is 1. The summed E-state index contributed by atoms with van der Waals surface area (Å²) in [5, 5.41) is 8.99. The Kier molecular flexibility index (Phi) is 9.14. The molecule has 0 saturated carbocycles. The van der Waals surface area contributed by atoms with E-state index in [2.05, 4.69) is 4.72 Å². The highest BCUT2D eigenvalue weighted by molar-refractivity contribution is 7.89. The fourth-order valence-corrected chi connectivity index (χ4v) is 3.19. The van der Waals surface area contributed by atoms with Crippen molar-refractivity contribution in [3.63, 3.8) is 0 Å². The number of benzene rings is 2. The summed E-state index contributed by atoms with van der Waals surface area (Å²) >= 11 is 4.82. The van der Waals surface area contributed by atoms with Gasteiger partial charge >= 0.3 is 5.97 Å². The normalized spacial score (nSPS) is 11.8. The van der Waals surface area contributed by atoms with E-state index in [0.29, 0.717) is 6.42 Å². The Hall–Kier alpha value is -2.22. The predicted octanol–water partition coefficient (Wildman–Crippen LogP) is 3.13. The lowest BCUT2D eigenvalue weighted by Crippen LogP contribution is -2.42. The van der Waals surface area contributed by atoms with Gasteiger partial charge in [0, 0.05) is 6.42 Å². The van der Waals surface area contributed by atoms with E-state index in [9.17, 15) is 23.1 Å². The van der Waals surface area contributed by atoms with Crippen LogP contribution in [0.3, 0.4) is 0 Å². The minimum atomic E-state index is -3.87. The van der Waals surface area contributed by atoms with E-state index in [1.807, 2.05) is 13.0 Å². The van der Waals surface area contributed by atoms with Crippen LogP contribution in [0.15, 0.2) is 59.5 Å². The third-order valence-electron chi connectivity index (χ3n) is 3.49. The summed E-state index contributed by atoms with van der Waals surface area (Å²) < 4.78 is 26.8. The molecule has 146 valence electrons. The molecule has 0 heterocycles. The molecule has 2 N–H and O–H groups in total. The maximum absolute atomic E-state index is 12.3. The molecule has 1 atom stereocenters. The summed E-state index contributed by atoms with van der Waals surface area (Å²) in [6.45, 7) is 3.56. The summed E-state index contributed by atoms with van der Waals surface area (Å²) in [7, 11) is -3.87. The molecule has 0 aromatic heterocycles. The van der Waals surface area contributed by atoms with Gasteiger partial charge in [-0.2, -0.15) is 4.72 Å². The standard InChI is InChI=1S/C16H17NO4S.C3H5ClO/c1-12-7-9-14(10-8-12)22(20,21)17-15(16(18)19)11-13-5-3-2-4-6-13;1-2-3(4)5/h2-10,15,17H,11H2,1H3,(H,18,19);2H2,1H3/t15-;/m0./s1. The van der Waals surface area contributed by atoms with E-state index in [-0.39, 0.29) is 16.6 Å². The molecule has 27 heavy (non-hydrogen) atoms. The van der Waals surface area contributed by atoms with Crippen LogP contribution < -0.4 is 4.72 Å². The fourth-order valence-electron chi connectivity index (χ4n) is 2.00. The molecule has 0 unspecified atom stereocenters. The zero-order valence-electron chi connectivity index (χ0n) is 15.1. The zero-order chi connectivity index (χ0) is 20.4. The minimum absolute atomic E-state index is 0.0532. The Morgan fingerprint density at radius 2 is 1.59 bits per heavy atom. The monoisotopic (exact) mass is 411 g/mol. The van der Waals surface area contributed by atoms with Crippen LogP contribution in [-0.4, -0.2) is 30.8 Å². The molecule has 0 radical (unpaired) electrons. The topological polar surface area (TPSA) is 101 Å². The third kappa shape index (κ3) is 8.34. The molecule has 0 aliphatic rings. The lowest BCUT2D eigenvalue weighted by molar-refractivity contribution is -0.138. The van der Waals surface area contributed by atoms with Crippen LogP contribution >= 0.6 is 11.6 Å². The highest BCUT2D eigenvalue weighted by Gasteiger charge is 2.25. The summed E-state index contributed by atoms with van der Waals surface area (Å²) in [4.78, 5) is 21.0. The number of hydrogen-bond donors (Lipinski definition) is 2. The number of sulfonamides is 1. The Bertz CT molecular complexity index is 851. The first kappa shape index (κ1) is 22.8. The van der Waals surface area contributed by atoms with Crippen LogP contribution in [0.4, 0.5) is 0 Å². The van der Waals surface area contributed by atoms with Gasteiger partial charge in [0.1, 0.15) is 6.04 Å². The second kappa shape index (κ2) is 10.8. The average Bonchev–Trinajstić information content (AvgIpc) is 2.62. The van der Waals surface area contributed by atoms with Gasteiger partial charge in [-0.1, -0.05) is 55.0 Å². The van der Waals surface area contributed by atoms with Gasteiger partial charge in [0.15, 0.2) is 0 Å². The van der Waals surface area contributed by atoms with Crippen molar-refractivity contribution in [3.8, 4) is 0 Å². The minimum Gasteiger partial charge on any atom is -0.480 e.